The Morgan fingerprint density at radius 1 is 1.16 bits per heavy atom. The zero-order valence-corrected chi connectivity index (χ0v) is 18.4. The van der Waals surface area contributed by atoms with Crippen LogP contribution in [0.5, 0.6) is 5.75 Å². The lowest BCUT2D eigenvalue weighted by Crippen LogP contribution is -2.35. The highest BCUT2D eigenvalue weighted by Crippen LogP contribution is 2.40. The highest BCUT2D eigenvalue weighted by molar-refractivity contribution is 6.46. The van der Waals surface area contributed by atoms with Crippen LogP contribution < -0.4 is 4.74 Å². The molecule has 1 amide bonds. The molecule has 6 heteroatoms. The van der Waals surface area contributed by atoms with Gasteiger partial charge in [0.15, 0.2) is 0 Å². The minimum atomic E-state index is -0.646. The molecule has 4 rings (SSSR count). The fraction of sp³-hybridized carbons (Fsp3) is 0.360. The number of hydrogen-bond acceptors (Lipinski definition) is 5. The van der Waals surface area contributed by atoms with Gasteiger partial charge in [-0.3, -0.25) is 9.59 Å². The molecule has 2 unspecified atom stereocenters. The summed E-state index contributed by atoms with van der Waals surface area (Å²) in [6, 6.07) is 12.5. The van der Waals surface area contributed by atoms with Crippen molar-refractivity contribution in [3.05, 3.63) is 70.3 Å². The minimum absolute atomic E-state index is 0.0802. The number of hydrogen-bond donors (Lipinski definition) is 1. The van der Waals surface area contributed by atoms with Crippen molar-refractivity contribution in [2.45, 2.75) is 32.4 Å². The predicted octanol–water partition coefficient (Wildman–Crippen LogP) is 3.30. The number of fused-ring (bicyclic) bond motifs is 1. The summed E-state index contributed by atoms with van der Waals surface area (Å²) in [6.07, 6.45) is 0.825. The smallest absolute Gasteiger partial charge is 0.295 e. The van der Waals surface area contributed by atoms with Crippen molar-refractivity contribution in [1.29, 1.82) is 0 Å². The first-order chi connectivity index (χ1) is 14.8. The summed E-state index contributed by atoms with van der Waals surface area (Å²) in [5, 5.41) is 11.2. The maximum Gasteiger partial charge on any atom is 0.295 e. The van der Waals surface area contributed by atoms with Crippen LogP contribution in [0, 0.1) is 6.92 Å². The second-order valence-electron chi connectivity index (χ2n) is 8.66. The van der Waals surface area contributed by atoms with Crippen molar-refractivity contribution in [2.24, 2.45) is 0 Å². The fourth-order valence-corrected chi connectivity index (χ4v) is 4.24. The summed E-state index contributed by atoms with van der Waals surface area (Å²) in [5.74, 6) is -0.566. The highest BCUT2D eigenvalue weighted by Gasteiger charge is 2.45. The lowest BCUT2D eigenvalue weighted by atomic mass is 9.94. The summed E-state index contributed by atoms with van der Waals surface area (Å²) >= 11 is 0. The van der Waals surface area contributed by atoms with Crippen LogP contribution in [0.15, 0.2) is 48.0 Å². The van der Waals surface area contributed by atoms with E-state index in [4.69, 9.17) is 4.74 Å². The van der Waals surface area contributed by atoms with E-state index < -0.39 is 17.7 Å². The minimum Gasteiger partial charge on any atom is -0.507 e. The first-order valence-corrected chi connectivity index (χ1v) is 10.6. The monoisotopic (exact) mass is 420 g/mol. The molecule has 2 aromatic rings. The van der Waals surface area contributed by atoms with E-state index in [1.54, 1.807) is 11.0 Å². The van der Waals surface area contributed by atoms with Crippen molar-refractivity contribution < 1.29 is 19.4 Å². The van der Waals surface area contributed by atoms with E-state index in [2.05, 4.69) is 0 Å². The van der Waals surface area contributed by atoms with Gasteiger partial charge in [0.2, 0.25) is 0 Å². The van der Waals surface area contributed by atoms with Gasteiger partial charge in [0.05, 0.1) is 11.6 Å². The average Bonchev–Trinajstić information content (AvgIpc) is 3.22. The molecule has 0 spiro atoms. The normalized spacial score (nSPS) is 22.2. The van der Waals surface area contributed by atoms with Crippen LogP contribution in [-0.4, -0.2) is 59.9 Å². The Hall–Kier alpha value is -3.12. The summed E-state index contributed by atoms with van der Waals surface area (Å²) in [7, 11) is 3.84. The number of aliphatic hydroxyl groups is 1. The molecule has 2 aromatic carbocycles. The topological polar surface area (TPSA) is 70.1 Å². The molecule has 2 heterocycles. The number of aliphatic hydroxyl groups excluding tert-OH is 1. The number of likely N-dealkylation sites (tertiary alicyclic amines) is 1. The third-order valence-electron chi connectivity index (χ3n) is 5.89. The zero-order chi connectivity index (χ0) is 22.3. The van der Waals surface area contributed by atoms with Gasteiger partial charge in [-0.25, -0.2) is 0 Å². The van der Waals surface area contributed by atoms with Gasteiger partial charge < -0.3 is 19.6 Å². The summed E-state index contributed by atoms with van der Waals surface area (Å²) in [6.45, 7) is 4.99. The third kappa shape index (κ3) is 3.95. The van der Waals surface area contributed by atoms with E-state index in [0.717, 1.165) is 28.9 Å². The van der Waals surface area contributed by atoms with Crippen LogP contribution in [0.25, 0.3) is 5.76 Å². The number of benzene rings is 2. The fourth-order valence-electron chi connectivity index (χ4n) is 4.24. The molecule has 0 radical (unpaired) electrons. The van der Waals surface area contributed by atoms with Crippen LogP contribution in [0.4, 0.5) is 0 Å². The van der Waals surface area contributed by atoms with Gasteiger partial charge in [-0.1, -0.05) is 29.8 Å². The number of ketones is 1. The van der Waals surface area contributed by atoms with E-state index in [1.165, 1.54) is 0 Å². The Kier molecular flexibility index (Phi) is 5.58. The summed E-state index contributed by atoms with van der Waals surface area (Å²) in [4.78, 5) is 29.5. The summed E-state index contributed by atoms with van der Waals surface area (Å²) in [5.41, 5.74) is 3.55. The van der Waals surface area contributed by atoms with Gasteiger partial charge in [-0.05, 0) is 57.3 Å². The number of nitrogens with zero attached hydrogens (tertiary/aromatic N) is 2. The second kappa shape index (κ2) is 8.19. The molecule has 0 bridgehead atoms. The number of Topliss-reactive ketones (excluding diaryl/α,β-unsaturated/α-hetero) is 1. The van der Waals surface area contributed by atoms with Crippen LogP contribution in [-0.2, 0) is 16.0 Å². The molecule has 2 aliphatic rings. The van der Waals surface area contributed by atoms with Crippen molar-refractivity contribution in [1.82, 2.24) is 9.80 Å². The van der Waals surface area contributed by atoms with E-state index in [1.807, 2.05) is 69.2 Å². The van der Waals surface area contributed by atoms with Crippen molar-refractivity contribution in [3.8, 4) is 5.75 Å². The lowest BCUT2D eigenvalue weighted by molar-refractivity contribution is -0.140. The van der Waals surface area contributed by atoms with Gasteiger partial charge in [-0.15, -0.1) is 0 Å². The molecule has 2 aliphatic heterocycles. The number of aryl methyl sites for hydroxylation is 1. The number of rotatable bonds is 5. The Balaban J connectivity index is 1.81. The van der Waals surface area contributed by atoms with E-state index in [9.17, 15) is 14.7 Å². The Bertz CT molecular complexity index is 1060. The van der Waals surface area contributed by atoms with Gasteiger partial charge in [0, 0.05) is 25.1 Å². The van der Waals surface area contributed by atoms with Crippen LogP contribution >= 0.6 is 0 Å². The van der Waals surface area contributed by atoms with Gasteiger partial charge in [0.1, 0.15) is 17.6 Å². The molecular formula is C25H28N2O4. The number of amides is 1. The maximum absolute atomic E-state index is 13.1. The zero-order valence-electron chi connectivity index (χ0n) is 18.4. The van der Waals surface area contributed by atoms with Crippen LogP contribution in [0.2, 0.25) is 0 Å². The van der Waals surface area contributed by atoms with Gasteiger partial charge in [-0.2, -0.15) is 0 Å². The van der Waals surface area contributed by atoms with E-state index >= 15 is 0 Å². The first-order valence-electron chi connectivity index (χ1n) is 10.6. The third-order valence-corrected chi connectivity index (χ3v) is 5.89. The molecule has 0 saturated carbocycles. The van der Waals surface area contributed by atoms with Crippen molar-refractivity contribution in [2.75, 3.05) is 27.2 Å². The Morgan fingerprint density at radius 2 is 1.87 bits per heavy atom. The van der Waals surface area contributed by atoms with Crippen LogP contribution in [0.3, 0.4) is 0 Å². The first kappa shape index (κ1) is 21.1. The summed E-state index contributed by atoms with van der Waals surface area (Å²) < 4.78 is 5.75. The quantitative estimate of drug-likeness (QED) is 0.457. The largest absolute Gasteiger partial charge is 0.507 e. The number of carbonyl (C=O) groups is 2. The molecule has 162 valence electrons. The molecule has 2 atom stereocenters. The Morgan fingerprint density at radius 3 is 2.55 bits per heavy atom. The standard InChI is InChI=1S/C25H28N2O4/c1-15-5-7-17(8-6-15)22-21(24(29)25(30)27(22)12-11-26(3)4)23(28)18-9-10-20-19(14-18)13-16(2)31-20/h5-10,14,16,22,28H,11-13H2,1-4H3. The van der Waals surface area contributed by atoms with Crippen LogP contribution in [0.1, 0.15) is 35.2 Å². The number of likely N-dealkylation sites (N-methyl/N-ethyl adjacent to an activating group) is 1. The number of carbonyl (C=O) groups excluding carboxylic acids is 2. The van der Waals surface area contributed by atoms with Gasteiger partial charge >= 0.3 is 0 Å². The van der Waals surface area contributed by atoms with E-state index in [0.29, 0.717) is 18.7 Å². The van der Waals surface area contributed by atoms with Crippen molar-refractivity contribution in [3.63, 3.8) is 0 Å². The molecule has 1 N–H and O–H groups in total. The molecule has 0 aromatic heterocycles. The predicted molar refractivity (Wildman–Crippen MR) is 119 cm³/mol. The molecule has 0 aliphatic carbocycles. The second-order valence-corrected chi connectivity index (χ2v) is 8.66. The van der Waals surface area contributed by atoms with E-state index in [-0.39, 0.29) is 17.4 Å². The number of ether oxygens (including phenoxy) is 1. The molecule has 6 nitrogen and oxygen atoms in total. The molecule has 1 fully saturated rings. The molecular weight excluding hydrogens is 392 g/mol. The highest BCUT2D eigenvalue weighted by atomic mass is 16.5. The maximum atomic E-state index is 13.1. The molecule has 1 saturated heterocycles. The SMILES string of the molecule is Cc1ccc(C2C(=C(O)c3ccc4c(c3)CC(C)O4)C(=O)C(=O)N2CCN(C)C)cc1. The average molecular weight is 421 g/mol. The molecule has 31 heavy (non-hydrogen) atoms. The van der Waals surface area contributed by atoms with Gasteiger partial charge in [0.25, 0.3) is 11.7 Å². The Labute approximate surface area is 182 Å². The lowest BCUT2D eigenvalue weighted by Gasteiger charge is -2.26. The van der Waals surface area contributed by atoms with Crippen molar-refractivity contribution >= 4 is 17.4 Å².